The van der Waals surface area contributed by atoms with E-state index in [4.69, 9.17) is 11.2 Å². The molecule has 1 amide bonds. The van der Waals surface area contributed by atoms with E-state index in [1.165, 1.54) is 0 Å². The van der Waals surface area contributed by atoms with Gasteiger partial charge in [0.15, 0.2) is 0 Å². The zero-order valence-electron chi connectivity index (χ0n) is 11.3. The number of fused-ring (bicyclic) bond motifs is 1. The fourth-order valence-electron chi connectivity index (χ4n) is 3.07. The summed E-state index contributed by atoms with van der Waals surface area (Å²) in [7, 11) is 0. The van der Waals surface area contributed by atoms with Crippen molar-refractivity contribution in [2.75, 3.05) is 13.2 Å². The maximum absolute atomic E-state index is 12.1. The lowest BCUT2D eigenvalue weighted by atomic mass is 10.0. The smallest absolute Gasteiger partial charge is 0.238 e. The molecule has 0 spiro atoms. The second-order valence-corrected chi connectivity index (χ2v) is 5.19. The summed E-state index contributed by atoms with van der Waals surface area (Å²) in [4.78, 5) is 14.3. The molecule has 20 heavy (non-hydrogen) atoms. The lowest BCUT2D eigenvalue weighted by molar-refractivity contribution is -0.122. The van der Waals surface area contributed by atoms with Gasteiger partial charge in [0, 0.05) is 12.1 Å². The molecule has 0 aliphatic carbocycles. The topological polar surface area (TPSA) is 41.6 Å². The summed E-state index contributed by atoms with van der Waals surface area (Å²) in [5, 5.41) is 3.08. The van der Waals surface area contributed by atoms with Crippen molar-refractivity contribution in [1.29, 1.82) is 0 Å². The number of hydrogen-bond donors (Lipinski definition) is 1. The highest BCUT2D eigenvalue weighted by atomic mass is 16.5. The first-order valence-corrected chi connectivity index (χ1v) is 7.02. The van der Waals surface area contributed by atoms with Crippen molar-refractivity contribution in [3.63, 3.8) is 0 Å². The molecular weight excluding hydrogens is 252 g/mol. The van der Waals surface area contributed by atoms with Crippen molar-refractivity contribution in [2.45, 2.75) is 31.5 Å². The van der Waals surface area contributed by atoms with E-state index in [1.54, 1.807) is 0 Å². The first-order chi connectivity index (χ1) is 9.81. The molecule has 0 aromatic heterocycles. The molecule has 4 heteroatoms. The Morgan fingerprint density at radius 2 is 2.25 bits per heavy atom. The molecule has 0 bridgehead atoms. The Balaban J connectivity index is 1.89. The largest absolute Gasteiger partial charge is 0.481 e. The Hall–Kier alpha value is -1.99. The van der Waals surface area contributed by atoms with Gasteiger partial charge in [-0.25, -0.2) is 0 Å². The van der Waals surface area contributed by atoms with Crippen LogP contribution in [-0.2, 0) is 4.79 Å². The Kier molecular flexibility index (Phi) is 3.62. The lowest BCUT2D eigenvalue weighted by Crippen LogP contribution is -2.38. The van der Waals surface area contributed by atoms with Crippen LogP contribution >= 0.6 is 0 Å². The second-order valence-electron chi connectivity index (χ2n) is 5.19. The number of rotatable bonds is 3. The number of hydrogen-bond acceptors (Lipinski definition) is 3. The number of terminal acetylenes is 1. The number of amides is 1. The number of benzene rings is 1. The van der Waals surface area contributed by atoms with E-state index in [1.807, 2.05) is 24.3 Å². The number of nitrogens with one attached hydrogen (secondary N) is 1. The average Bonchev–Trinajstić information content (AvgIpc) is 2.83. The molecule has 3 rings (SSSR count). The lowest BCUT2D eigenvalue weighted by Gasteiger charge is -2.32. The number of carbonyl (C=O) groups is 1. The monoisotopic (exact) mass is 270 g/mol. The minimum atomic E-state index is -0.0956. The predicted octanol–water partition coefficient (Wildman–Crippen LogP) is 1.68. The normalized spacial score (nSPS) is 25.6. The highest BCUT2D eigenvalue weighted by Crippen LogP contribution is 2.35. The van der Waals surface area contributed by atoms with Gasteiger partial charge in [0.1, 0.15) is 18.5 Å². The number of para-hydroxylation sites is 1. The molecule has 1 aromatic rings. The number of ether oxygens (including phenoxy) is 1. The molecule has 0 radical (unpaired) electrons. The van der Waals surface area contributed by atoms with Gasteiger partial charge in [-0.3, -0.25) is 9.69 Å². The molecule has 2 unspecified atom stereocenters. The van der Waals surface area contributed by atoms with Crippen LogP contribution in [-0.4, -0.2) is 30.0 Å². The van der Waals surface area contributed by atoms with Gasteiger partial charge in [-0.2, -0.15) is 0 Å². The molecule has 1 aromatic carbocycles. The number of carbonyl (C=O) groups excluding carboxylic acids is 1. The predicted molar refractivity (Wildman–Crippen MR) is 76.0 cm³/mol. The Morgan fingerprint density at radius 3 is 3.10 bits per heavy atom. The van der Waals surface area contributed by atoms with Crippen LogP contribution < -0.4 is 10.1 Å². The molecule has 2 atom stereocenters. The van der Waals surface area contributed by atoms with Gasteiger partial charge in [0.05, 0.1) is 6.04 Å². The van der Waals surface area contributed by atoms with Crippen LogP contribution in [0.15, 0.2) is 24.3 Å². The SMILES string of the molecule is C#CCOc1ccccc1C1NC(=O)C2CCCCN21. The summed E-state index contributed by atoms with van der Waals surface area (Å²) in [5.74, 6) is 3.35. The Labute approximate surface area is 119 Å². The summed E-state index contributed by atoms with van der Waals surface area (Å²) in [6, 6.07) is 7.78. The molecular formula is C16H18N2O2. The maximum Gasteiger partial charge on any atom is 0.238 e. The minimum absolute atomic E-state index is 0.00874. The van der Waals surface area contributed by atoms with Gasteiger partial charge in [0.25, 0.3) is 0 Å². The van der Waals surface area contributed by atoms with Crippen molar-refractivity contribution in [3.8, 4) is 18.1 Å². The minimum Gasteiger partial charge on any atom is -0.481 e. The van der Waals surface area contributed by atoms with Crippen LogP contribution in [0.2, 0.25) is 0 Å². The van der Waals surface area contributed by atoms with Crippen LogP contribution in [0.3, 0.4) is 0 Å². The average molecular weight is 270 g/mol. The van der Waals surface area contributed by atoms with Crippen LogP contribution in [0.25, 0.3) is 0 Å². The summed E-state index contributed by atoms with van der Waals surface area (Å²) in [5.41, 5.74) is 0.987. The van der Waals surface area contributed by atoms with Crippen molar-refractivity contribution in [2.24, 2.45) is 0 Å². The van der Waals surface area contributed by atoms with E-state index in [9.17, 15) is 4.79 Å². The maximum atomic E-state index is 12.1. The fourth-order valence-corrected chi connectivity index (χ4v) is 3.07. The summed E-state index contributed by atoms with van der Waals surface area (Å²) in [6.45, 7) is 1.18. The fraction of sp³-hybridized carbons (Fsp3) is 0.438. The van der Waals surface area contributed by atoms with Gasteiger partial charge >= 0.3 is 0 Å². The van der Waals surface area contributed by atoms with Crippen LogP contribution in [0.4, 0.5) is 0 Å². The standard InChI is InChI=1S/C16H18N2O2/c1-2-11-20-14-9-4-3-7-12(14)15-17-16(19)13-8-5-6-10-18(13)15/h1,3-4,7,9,13,15H,5-6,8,10-11H2,(H,17,19). The Bertz CT molecular complexity index is 550. The molecule has 1 N–H and O–H groups in total. The molecule has 0 saturated carbocycles. The third kappa shape index (κ3) is 2.25. The molecule has 104 valence electrons. The van der Waals surface area contributed by atoms with E-state index in [-0.39, 0.29) is 24.7 Å². The third-order valence-corrected chi connectivity index (χ3v) is 3.98. The first-order valence-electron chi connectivity index (χ1n) is 7.02. The van der Waals surface area contributed by atoms with Crippen molar-refractivity contribution in [3.05, 3.63) is 29.8 Å². The van der Waals surface area contributed by atoms with E-state index in [2.05, 4.69) is 16.1 Å². The second kappa shape index (κ2) is 5.56. The van der Waals surface area contributed by atoms with Gasteiger partial charge in [-0.1, -0.05) is 30.5 Å². The van der Waals surface area contributed by atoms with Gasteiger partial charge in [0.2, 0.25) is 5.91 Å². The zero-order valence-corrected chi connectivity index (χ0v) is 11.3. The molecule has 2 saturated heterocycles. The molecule has 4 nitrogen and oxygen atoms in total. The van der Waals surface area contributed by atoms with Crippen molar-refractivity contribution in [1.82, 2.24) is 10.2 Å². The van der Waals surface area contributed by atoms with E-state index < -0.39 is 0 Å². The van der Waals surface area contributed by atoms with E-state index in [0.29, 0.717) is 0 Å². The number of piperidine rings is 1. The van der Waals surface area contributed by atoms with Gasteiger partial charge in [-0.05, 0) is 18.9 Å². The summed E-state index contributed by atoms with van der Waals surface area (Å²) in [6.07, 6.45) is 8.35. The summed E-state index contributed by atoms with van der Waals surface area (Å²) >= 11 is 0. The summed E-state index contributed by atoms with van der Waals surface area (Å²) < 4.78 is 5.60. The van der Waals surface area contributed by atoms with E-state index in [0.717, 1.165) is 37.1 Å². The molecule has 2 fully saturated rings. The molecule has 2 aliphatic rings. The van der Waals surface area contributed by atoms with Crippen LogP contribution in [0, 0.1) is 12.3 Å². The van der Waals surface area contributed by atoms with Gasteiger partial charge < -0.3 is 10.1 Å². The number of nitrogens with zero attached hydrogens (tertiary/aromatic N) is 1. The molecule has 2 heterocycles. The Morgan fingerprint density at radius 1 is 1.40 bits per heavy atom. The highest BCUT2D eigenvalue weighted by Gasteiger charge is 2.42. The first kappa shape index (κ1) is 13.0. The quantitative estimate of drug-likeness (QED) is 0.850. The third-order valence-electron chi connectivity index (χ3n) is 3.98. The van der Waals surface area contributed by atoms with Crippen LogP contribution in [0.1, 0.15) is 31.0 Å². The van der Waals surface area contributed by atoms with Crippen LogP contribution in [0.5, 0.6) is 5.75 Å². The van der Waals surface area contributed by atoms with Gasteiger partial charge in [-0.15, -0.1) is 6.42 Å². The van der Waals surface area contributed by atoms with E-state index >= 15 is 0 Å². The zero-order chi connectivity index (χ0) is 13.9. The van der Waals surface area contributed by atoms with Crippen molar-refractivity contribution < 1.29 is 9.53 Å². The molecule has 2 aliphatic heterocycles. The highest BCUT2D eigenvalue weighted by molar-refractivity contribution is 5.84. The van der Waals surface area contributed by atoms with Crippen molar-refractivity contribution >= 4 is 5.91 Å².